The number of amides is 1. The summed E-state index contributed by atoms with van der Waals surface area (Å²) in [5.74, 6) is -0.145. The molecule has 0 radical (unpaired) electrons. The van der Waals surface area contributed by atoms with Gasteiger partial charge in [0.1, 0.15) is 11.9 Å². The molecule has 25 heavy (non-hydrogen) atoms. The normalized spacial score (nSPS) is 16.4. The van der Waals surface area contributed by atoms with Gasteiger partial charge in [0.25, 0.3) is 0 Å². The van der Waals surface area contributed by atoms with Crippen molar-refractivity contribution in [1.82, 2.24) is 10.3 Å². The highest BCUT2D eigenvalue weighted by Gasteiger charge is 2.32. The largest absolute Gasteiger partial charge is 0.453 e. The molecule has 1 atom stereocenters. The Hall–Kier alpha value is -2.94. The minimum atomic E-state index is -0.598. The molecule has 0 spiro atoms. The highest BCUT2D eigenvalue weighted by atomic mass is 32.1. The molecule has 0 bridgehead atoms. The van der Waals surface area contributed by atoms with Crippen LogP contribution in [0.4, 0.5) is 14.9 Å². The van der Waals surface area contributed by atoms with E-state index in [0.717, 1.165) is 0 Å². The van der Waals surface area contributed by atoms with Crippen LogP contribution in [-0.4, -0.2) is 35.4 Å². The van der Waals surface area contributed by atoms with E-state index in [4.69, 9.17) is 27.4 Å². The molecule has 3 N–H and O–H groups in total. The number of pyridine rings is 1. The summed E-state index contributed by atoms with van der Waals surface area (Å²) in [6, 6.07) is 7.60. The summed E-state index contributed by atoms with van der Waals surface area (Å²) in [5, 5.41) is 2.86. The number of rotatable bonds is 5. The predicted octanol–water partition coefficient (Wildman–Crippen LogP) is 2.17. The standard InChI is InChI=1S/C16H15FN4O3S/c17-13-6-10(3-4-14(13)23-11-2-1-5-19-7-11)21-9-12(24-16(21)22)8-20-15(18)25/h1-7,12H,8-9H2,(H3,18,20,25)/t12-/m0/s1. The van der Waals surface area contributed by atoms with Crippen molar-refractivity contribution >= 4 is 29.1 Å². The molecule has 1 aromatic heterocycles. The third-order valence-corrected chi connectivity index (χ3v) is 3.61. The van der Waals surface area contributed by atoms with Crippen LogP contribution in [0.5, 0.6) is 11.5 Å². The second kappa shape index (κ2) is 7.31. The number of hydrogen-bond donors (Lipinski definition) is 2. The van der Waals surface area contributed by atoms with Crippen molar-refractivity contribution in [3.8, 4) is 11.5 Å². The van der Waals surface area contributed by atoms with Crippen LogP contribution in [0, 0.1) is 5.82 Å². The van der Waals surface area contributed by atoms with Crippen LogP contribution in [0.25, 0.3) is 0 Å². The van der Waals surface area contributed by atoms with E-state index >= 15 is 0 Å². The van der Waals surface area contributed by atoms with E-state index in [0.29, 0.717) is 18.0 Å². The molecular formula is C16H15FN4O3S. The van der Waals surface area contributed by atoms with Gasteiger partial charge in [-0.1, -0.05) is 0 Å². The number of nitrogens with two attached hydrogens (primary N) is 1. The number of ether oxygens (including phenoxy) is 2. The first-order valence-electron chi connectivity index (χ1n) is 7.42. The number of carbonyl (C=O) groups is 1. The molecule has 2 heterocycles. The van der Waals surface area contributed by atoms with Crippen molar-refractivity contribution in [3.05, 3.63) is 48.5 Å². The number of benzene rings is 1. The molecule has 7 nitrogen and oxygen atoms in total. The van der Waals surface area contributed by atoms with Crippen LogP contribution in [-0.2, 0) is 4.74 Å². The molecule has 130 valence electrons. The van der Waals surface area contributed by atoms with Crippen LogP contribution >= 0.6 is 12.2 Å². The number of nitrogens with one attached hydrogen (secondary N) is 1. The van der Waals surface area contributed by atoms with Gasteiger partial charge in [0, 0.05) is 12.3 Å². The molecule has 0 saturated carbocycles. The lowest BCUT2D eigenvalue weighted by molar-refractivity contribution is 0.143. The zero-order valence-electron chi connectivity index (χ0n) is 13.0. The summed E-state index contributed by atoms with van der Waals surface area (Å²) in [6.07, 6.45) is 2.08. The first-order chi connectivity index (χ1) is 12.0. The fraction of sp³-hybridized carbons (Fsp3) is 0.188. The Balaban J connectivity index is 1.70. The summed E-state index contributed by atoms with van der Waals surface area (Å²) < 4.78 is 24.9. The average Bonchev–Trinajstić information content (AvgIpc) is 2.97. The van der Waals surface area contributed by atoms with Crippen LogP contribution in [0.3, 0.4) is 0 Å². The summed E-state index contributed by atoms with van der Waals surface area (Å²) in [7, 11) is 0. The lowest BCUT2D eigenvalue weighted by Gasteiger charge is -2.14. The minimum absolute atomic E-state index is 0.0380. The number of anilines is 1. The highest BCUT2D eigenvalue weighted by Crippen LogP contribution is 2.29. The van der Waals surface area contributed by atoms with Gasteiger partial charge in [0.2, 0.25) is 0 Å². The van der Waals surface area contributed by atoms with Gasteiger partial charge in [-0.3, -0.25) is 9.88 Å². The van der Waals surface area contributed by atoms with Crippen molar-refractivity contribution in [2.24, 2.45) is 5.73 Å². The molecule has 0 unspecified atom stereocenters. The summed E-state index contributed by atoms with van der Waals surface area (Å²) in [4.78, 5) is 17.2. The van der Waals surface area contributed by atoms with Gasteiger partial charge in [-0.05, 0) is 36.5 Å². The van der Waals surface area contributed by atoms with Crippen molar-refractivity contribution in [2.45, 2.75) is 6.10 Å². The number of nitrogens with zero attached hydrogens (tertiary/aromatic N) is 2. The van der Waals surface area contributed by atoms with E-state index < -0.39 is 18.0 Å². The van der Waals surface area contributed by atoms with Crippen LogP contribution < -0.4 is 20.7 Å². The van der Waals surface area contributed by atoms with Crippen LogP contribution in [0.15, 0.2) is 42.7 Å². The van der Waals surface area contributed by atoms with Crippen molar-refractivity contribution in [2.75, 3.05) is 18.0 Å². The molecule has 1 aliphatic rings. The van der Waals surface area contributed by atoms with Crippen molar-refractivity contribution < 1.29 is 18.7 Å². The molecule has 1 fully saturated rings. The number of aromatic nitrogens is 1. The fourth-order valence-electron chi connectivity index (χ4n) is 2.33. The Kier molecular flexibility index (Phi) is 4.94. The summed E-state index contributed by atoms with van der Waals surface area (Å²) in [6.45, 7) is 0.555. The molecule has 9 heteroatoms. The van der Waals surface area contributed by atoms with Crippen molar-refractivity contribution in [1.29, 1.82) is 0 Å². The topological polar surface area (TPSA) is 89.7 Å². The minimum Gasteiger partial charge on any atom is -0.453 e. The average molecular weight is 362 g/mol. The SMILES string of the molecule is NC(=S)NC[C@H]1CN(c2ccc(Oc3cccnc3)c(F)c2)C(=O)O1. The van der Waals surface area contributed by atoms with E-state index in [9.17, 15) is 9.18 Å². The molecule has 3 rings (SSSR count). The van der Waals surface area contributed by atoms with Gasteiger partial charge in [0.15, 0.2) is 16.7 Å². The van der Waals surface area contributed by atoms with E-state index in [1.54, 1.807) is 24.4 Å². The van der Waals surface area contributed by atoms with Gasteiger partial charge in [-0.25, -0.2) is 9.18 Å². The molecule has 1 amide bonds. The zero-order valence-corrected chi connectivity index (χ0v) is 13.8. The smallest absolute Gasteiger partial charge is 0.414 e. The Morgan fingerprint density at radius 3 is 3.04 bits per heavy atom. The van der Waals surface area contributed by atoms with E-state index in [1.165, 1.54) is 23.2 Å². The zero-order chi connectivity index (χ0) is 17.8. The second-order valence-electron chi connectivity index (χ2n) is 5.27. The third-order valence-electron chi connectivity index (χ3n) is 3.47. The Morgan fingerprint density at radius 2 is 2.36 bits per heavy atom. The second-order valence-corrected chi connectivity index (χ2v) is 5.71. The molecule has 1 aromatic carbocycles. The molecule has 2 aromatic rings. The molecular weight excluding hydrogens is 347 g/mol. The number of halogens is 1. The number of cyclic esters (lactones) is 1. The van der Waals surface area contributed by atoms with Gasteiger partial charge in [-0.2, -0.15) is 0 Å². The van der Waals surface area contributed by atoms with Gasteiger partial charge in [-0.15, -0.1) is 0 Å². The lowest BCUT2D eigenvalue weighted by Crippen LogP contribution is -2.37. The van der Waals surface area contributed by atoms with E-state index in [2.05, 4.69) is 10.3 Å². The summed E-state index contributed by atoms with van der Waals surface area (Å²) >= 11 is 4.71. The lowest BCUT2D eigenvalue weighted by atomic mass is 10.2. The Labute approximate surface area is 148 Å². The number of carbonyl (C=O) groups excluding carboxylic acids is 1. The van der Waals surface area contributed by atoms with Crippen LogP contribution in [0.1, 0.15) is 0 Å². The van der Waals surface area contributed by atoms with Gasteiger partial charge in [0.05, 0.1) is 25.0 Å². The van der Waals surface area contributed by atoms with Crippen LogP contribution in [0.2, 0.25) is 0 Å². The maximum atomic E-state index is 14.3. The number of thiocarbonyl (C=S) groups is 1. The Morgan fingerprint density at radius 1 is 1.52 bits per heavy atom. The maximum Gasteiger partial charge on any atom is 0.414 e. The maximum absolute atomic E-state index is 14.3. The molecule has 1 aliphatic heterocycles. The van der Waals surface area contributed by atoms with Gasteiger partial charge < -0.3 is 20.5 Å². The first-order valence-corrected chi connectivity index (χ1v) is 7.82. The van der Waals surface area contributed by atoms with Gasteiger partial charge >= 0.3 is 6.09 Å². The van der Waals surface area contributed by atoms with Crippen molar-refractivity contribution in [3.63, 3.8) is 0 Å². The predicted molar refractivity (Wildman–Crippen MR) is 93.1 cm³/mol. The highest BCUT2D eigenvalue weighted by molar-refractivity contribution is 7.80. The summed E-state index contributed by atoms with van der Waals surface area (Å²) in [5.41, 5.74) is 5.72. The third kappa shape index (κ3) is 4.13. The quantitative estimate of drug-likeness (QED) is 0.788. The molecule has 0 aliphatic carbocycles. The Bertz CT molecular complexity index is 790. The monoisotopic (exact) mass is 362 g/mol. The number of hydrogen-bond acceptors (Lipinski definition) is 5. The van der Waals surface area contributed by atoms with E-state index in [-0.39, 0.29) is 17.4 Å². The van der Waals surface area contributed by atoms with E-state index in [1.807, 2.05) is 0 Å². The molecule has 1 saturated heterocycles. The fourth-order valence-corrected chi connectivity index (χ4v) is 2.41. The first kappa shape index (κ1) is 16.9.